The van der Waals surface area contributed by atoms with Gasteiger partial charge in [-0.05, 0) is 23.8 Å². The minimum Gasteiger partial charge on any atom is -0.399 e. The van der Waals surface area contributed by atoms with Crippen molar-refractivity contribution < 1.29 is 0 Å². The second kappa shape index (κ2) is 8.09. The Bertz CT molecular complexity index is 475. The van der Waals surface area contributed by atoms with E-state index in [4.69, 9.17) is 17.3 Å². The molecule has 0 amide bonds. The molecule has 0 aliphatic heterocycles. The lowest BCUT2D eigenvalue weighted by Crippen LogP contribution is -2.00. The average molecular weight is 306 g/mol. The number of halogens is 3. The van der Waals surface area contributed by atoms with Crippen molar-refractivity contribution >= 4 is 47.8 Å². The van der Waals surface area contributed by atoms with Gasteiger partial charge in [-0.3, -0.25) is 0 Å². The lowest BCUT2D eigenvalue weighted by Gasteiger charge is -2.08. The lowest BCUT2D eigenvalue weighted by atomic mass is 10.2. The normalized spacial score (nSPS) is 8.94. The highest BCUT2D eigenvalue weighted by Crippen LogP contribution is 2.24. The summed E-state index contributed by atoms with van der Waals surface area (Å²) in [7, 11) is 0. The third kappa shape index (κ3) is 4.65. The van der Waals surface area contributed by atoms with Crippen molar-refractivity contribution in [1.82, 2.24) is 0 Å². The van der Waals surface area contributed by atoms with Gasteiger partial charge in [0.05, 0.1) is 10.7 Å². The average Bonchev–Trinajstić information content (AvgIpc) is 2.29. The molecule has 0 spiro atoms. The summed E-state index contributed by atoms with van der Waals surface area (Å²) in [5, 5.41) is 3.92. The van der Waals surface area contributed by atoms with E-state index in [1.165, 1.54) is 5.56 Å². The predicted octanol–water partition coefficient (Wildman–Crippen LogP) is 4.38. The molecule has 5 heteroatoms. The van der Waals surface area contributed by atoms with Gasteiger partial charge >= 0.3 is 0 Å². The molecule has 2 nitrogen and oxygen atoms in total. The van der Waals surface area contributed by atoms with E-state index in [0.717, 1.165) is 12.2 Å². The number of nitrogens with two attached hydrogens (primary N) is 1. The summed E-state index contributed by atoms with van der Waals surface area (Å²) >= 11 is 6.05. The number of hydrogen-bond donors (Lipinski definition) is 2. The molecule has 2 aromatic rings. The smallest absolute Gasteiger partial charge is 0.0658 e. The van der Waals surface area contributed by atoms with Crippen LogP contribution in [0.25, 0.3) is 0 Å². The van der Waals surface area contributed by atoms with Crippen molar-refractivity contribution in [2.45, 2.75) is 6.54 Å². The Labute approximate surface area is 124 Å². The molecule has 0 radical (unpaired) electrons. The summed E-state index contributed by atoms with van der Waals surface area (Å²) in [6.07, 6.45) is 0. The van der Waals surface area contributed by atoms with Crippen molar-refractivity contribution in [2.24, 2.45) is 0 Å². The van der Waals surface area contributed by atoms with E-state index in [1.807, 2.05) is 30.3 Å². The van der Waals surface area contributed by atoms with Crippen molar-refractivity contribution in [1.29, 1.82) is 0 Å². The summed E-state index contributed by atoms with van der Waals surface area (Å²) in [6.45, 7) is 0.754. The Morgan fingerprint density at radius 1 is 1.00 bits per heavy atom. The summed E-state index contributed by atoms with van der Waals surface area (Å²) < 4.78 is 0. The quantitative estimate of drug-likeness (QED) is 0.826. The van der Waals surface area contributed by atoms with E-state index >= 15 is 0 Å². The standard InChI is InChI=1S/C13H13ClN2.2ClH/c14-12-8-11(15)6-7-13(12)16-9-10-4-2-1-3-5-10;;/h1-8,16H,9,15H2;2*1H. The van der Waals surface area contributed by atoms with Crippen LogP contribution in [0.15, 0.2) is 48.5 Å². The van der Waals surface area contributed by atoms with E-state index in [0.29, 0.717) is 10.7 Å². The van der Waals surface area contributed by atoms with Crippen LogP contribution in [0.2, 0.25) is 5.02 Å². The molecular weight excluding hydrogens is 291 g/mol. The van der Waals surface area contributed by atoms with Gasteiger partial charge in [0.1, 0.15) is 0 Å². The van der Waals surface area contributed by atoms with Crippen LogP contribution in [0, 0.1) is 0 Å². The number of nitrogen functional groups attached to an aromatic ring is 1. The zero-order valence-corrected chi connectivity index (χ0v) is 12.0. The highest BCUT2D eigenvalue weighted by molar-refractivity contribution is 6.33. The third-order valence-corrected chi connectivity index (χ3v) is 2.63. The van der Waals surface area contributed by atoms with E-state index in [9.17, 15) is 0 Å². The fourth-order valence-electron chi connectivity index (χ4n) is 1.47. The maximum Gasteiger partial charge on any atom is 0.0658 e. The first kappa shape index (κ1) is 16.9. The zero-order valence-electron chi connectivity index (χ0n) is 9.60. The van der Waals surface area contributed by atoms with Gasteiger partial charge < -0.3 is 11.1 Å². The lowest BCUT2D eigenvalue weighted by molar-refractivity contribution is 1.15. The number of anilines is 2. The maximum atomic E-state index is 6.05. The van der Waals surface area contributed by atoms with Crippen molar-refractivity contribution in [2.75, 3.05) is 11.1 Å². The van der Waals surface area contributed by atoms with Crippen LogP contribution >= 0.6 is 36.4 Å². The Kier molecular flexibility index (Phi) is 7.60. The first-order valence-electron chi connectivity index (χ1n) is 5.08. The molecule has 2 rings (SSSR count). The molecule has 0 atom stereocenters. The summed E-state index contributed by atoms with van der Waals surface area (Å²) in [5.41, 5.74) is 8.42. The molecule has 18 heavy (non-hydrogen) atoms. The van der Waals surface area contributed by atoms with Crippen molar-refractivity contribution in [3.05, 3.63) is 59.1 Å². The van der Waals surface area contributed by atoms with Crippen LogP contribution in [-0.2, 0) is 6.54 Å². The van der Waals surface area contributed by atoms with Gasteiger partial charge in [0.25, 0.3) is 0 Å². The number of hydrogen-bond acceptors (Lipinski definition) is 2. The molecule has 0 bridgehead atoms. The molecule has 3 N–H and O–H groups in total. The van der Waals surface area contributed by atoms with E-state index in [1.54, 1.807) is 6.07 Å². The third-order valence-electron chi connectivity index (χ3n) is 2.32. The number of rotatable bonds is 3. The van der Waals surface area contributed by atoms with E-state index in [-0.39, 0.29) is 24.8 Å². The summed E-state index contributed by atoms with van der Waals surface area (Å²) in [5.74, 6) is 0. The Morgan fingerprint density at radius 2 is 1.67 bits per heavy atom. The Hall–Kier alpha value is -1.09. The van der Waals surface area contributed by atoms with Gasteiger partial charge in [0.2, 0.25) is 0 Å². The van der Waals surface area contributed by atoms with Crippen LogP contribution in [-0.4, -0.2) is 0 Å². The first-order chi connectivity index (χ1) is 7.75. The maximum absolute atomic E-state index is 6.05. The van der Waals surface area contributed by atoms with Crippen molar-refractivity contribution in [3.63, 3.8) is 0 Å². The molecule has 0 aliphatic rings. The van der Waals surface area contributed by atoms with Gasteiger partial charge in [-0.1, -0.05) is 41.9 Å². The largest absolute Gasteiger partial charge is 0.399 e. The Morgan fingerprint density at radius 3 is 2.28 bits per heavy atom. The van der Waals surface area contributed by atoms with Gasteiger partial charge in [0, 0.05) is 12.2 Å². The highest BCUT2D eigenvalue weighted by Gasteiger charge is 1.99. The van der Waals surface area contributed by atoms with Crippen LogP contribution in [0.3, 0.4) is 0 Å². The fourth-order valence-corrected chi connectivity index (χ4v) is 1.72. The van der Waals surface area contributed by atoms with Crippen LogP contribution in [0.4, 0.5) is 11.4 Å². The highest BCUT2D eigenvalue weighted by atomic mass is 35.5. The molecule has 0 saturated heterocycles. The van der Waals surface area contributed by atoms with Gasteiger partial charge in [0.15, 0.2) is 0 Å². The molecule has 0 saturated carbocycles. The zero-order chi connectivity index (χ0) is 11.4. The minimum absolute atomic E-state index is 0. The van der Waals surface area contributed by atoms with Crippen molar-refractivity contribution in [3.8, 4) is 0 Å². The second-order valence-electron chi connectivity index (χ2n) is 3.58. The summed E-state index contributed by atoms with van der Waals surface area (Å²) in [4.78, 5) is 0. The summed E-state index contributed by atoms with van der Waals surface area (Å²) in [6, 6.07) is 15.6. The van der Waals surface area contributed by atoms with Gasteiger partial charge in [-0.2, -0.15) is 0 Å². The van der Waals surface area contributed by atoms with E-state index in [2.05, 4.69) is 17.4 Å². The minimum atomic E-state index is 0. The molecule has 2 aromatic carbocycles. The van der Waals surface area contributed by atoms with E-state index < -0.39 is 0 Å². The first-order valence-corrected chi connectivity index (χ1v) is 5.46. The fraction of sp³-hybridized carbons (Fsp3) is 0.0769. The monoisotopic (exact) mass is 304 g/mol. The van der Waals surface area contributed by atoms with Gasteiger partial charge in [-0.15, -0.1) is 24.8 Å². The molecule has 0 heterocycles. The van der Waals surface area contributed by atoms with Gasteiger partial charge in [-0.25, -0.2) is 0 Å². The molecule has 0 unspecified atom stereocenters. The molecule has 0 fully saturated rings. The van der Waals surface area contributed by atoms with Crippen LogP contribution < -0.4 is 11.1 Å². The predicted molar refractivity (Wildman–Crippen MR) is 84.1 cm³/mol. The molecule has 0 aliphatic carbocycles. The van der Waals surface area contributed by atoms with Crippen LogP contribution in [0.1, 0.15) is 5.56 Å². The second-order valence-corrected chi connectivity index (χ2v) is 3.99. The topological polar surface area (TPSA) is 38.0 Å². The molecule has 0 aromatic heterocycles. The number of nitrogens with one attached hydrogen (secondary N) is 1. The molecular formula is C13H15Cl3N2. The number of benzene rings is 2. The Balaban J connectivity index is 0.00000144. The van der Waals surface area contributed by atoms with Crippen LogP contribution in [0.5, 0.6) is 0 Å². The SMILES string of the molecule is Cl.Cl.Nc1ccc(NCc2ccccc2)c(Cl)c1. The molecule has 98 valence electrons.